The van der Waals surface area contributed by atoms with Crippen LogP contribution in [0, 0.1) is 6.92 Å². The first-order valence-electron chi connectivity index (χ1n) is 3.34. The van der Waals surface area contributed by atoms with Crippen LogP contribution in [0.4, 0.5) is 0 Å². The molecule has 0 amide bonds. The minimum Gasteiger partial charge on any atom is -0.476 e. The summed E-state index contributed by atoms with van der Waals surface area (Å²) in [4.78, 5) is 15.4. The fourth-order valence-corrected chi connectivity index (χ4v) is 1.69. The van der Waals surface area contributed by atoms with Gasteiger partial charge in [-0.25, -0.2) is 9.78 Å². The zero-order valence-electron chi connectivity index (χ0n) is 6.42. The highest BCUT2D eigenvalue weighted by atomic mass is 32.1. The van der Waals surface area contributed by atoms with E-state index in [0.29, 0.717) is 0 Å². The molecule has 1 heterocycles. The van der Waals surface area contributed by atoms with Crippen LogP contribution >= 0.6 is 11.3 Å². The highest BCUT2D eigenvalue weighted by Gasteiger charge is 2.10. The van der Waals surface area contributed by atoms with Crippen molar-refractivity contribution in [1.82, 2.24) is 4.98 Å². The van der Waals surface area contributed by atoms with Gasteiger partial charge in [0, 0.05) is 4.88 Å². The van der Waals surface area contributed by atoms with Crippen LogP contribution < -0.4 is 0 Å². The van der Waals surface area contributed by atoms with Gasteiger partial charge in [0.1, 0.15) is 0 Å². The Hall–Kier alpha value is -0.900. The van der Waals surface area contributed by atoms with Crippen molar-refractivity contribution in [2.75, 3.05) is 0 Å². The van der Waals surface area contributed by atoms with Crippen LogP contribution in [0.1, 0.15) is 27.3 Å². The molecule has 4 heteroatoms. The van der Waals surface area contributed by atoms with E-state index in [1.807, 2.05) is 13.8 Å². The summed E-state index contributed by atoms with van der Waals surface area (Å²) in [7, 11) is 0. The van der Waals surface area contributed by atoms with Crippen molar-refractivity contribution >= 4 is 17.3 Å². The third-order valence-corrected chi connectivity index (χ3v) is 2.41. The number of nitrogens with zero attached hydrogens (tertiary/aromatic N) is 1. The molecule has 0 aromatic carbocycles. The highest BCUT2D eigenvalue weighted by molar-refractivity contribution is 7.13. The molecule has 0 radical (unpaired) electrons. The SMILES string of the molecule is CCc1nc(C(=O)O)sc1C. The first-order chi connectivity index (χ1) is 5.15. The van der Waals surface area contributed by atoms with Crippen LogP contribution in [0.15, 0.2) is 0 Å². The Morgan fingerprint density at radius 1 is 1.73 bits per heavy atom. The predicted octanol–water partition coefficient (Wildman–Crippen LogP) is 1.71. The van der Waals surface area contributed by atoms with E-state index in [1.54, 1.807) is 0 Å². The topological polar surface area (TPSA) is 50.2 Å². The van der Waals surface area contributed by atoms with E-state index in [0.717, 1.165) is 17.0 Å². The van der Waals surface area contributed by atoms with Crippen molar-refractivity contribution in [3.05, 3.63) is 15.6 Å². The van der Waals surface area contributed by atoms with Crippen molar-refractivity contribution in [2.24, 2.45) is 0 Å². The van der Waals surface area contributed by atoms with Gasteiger partial charge in [-0.3, -0.25) is 0 Å². The molecule has 1 N–H and O–H groups in total. The number of aryl methyl sites for hydroxylation is 2. The van der Waals surface area contributed by atoms with Gasteiger partial charge in [0.2, 0.25) is 5.01 Å². The molecule has 0 saturated heterocycles. The number of rotatable bonds is 2. The number of hydrogen-bond acceptors (Lipinski definition) is 3. The molecule has 0 aliphatic rings. The minimum absolute atomic E-state index is 0.194. The van der Waals surface area contributed by atoms with Gasteiger partial charge >= 0.3 is 5.97 Å². The molecule has 0 saturated carbocycles. The molecule has 0 atom stereocenters. The molecular weight excluding hydrogens is 162 g/mol. The molecule has 11 heavy (non-hydrogen) atoms. The van der Waals surface area contributed by atoms with Gasteiger partial charge in [0.25, 0.3) is 0 Å². The smallest absolute Gasteiger partial charge is 0.365 e. The third-order valence-electron chi connectivity index (χ3n) is 1.41. The Bertz CT molecular complexity index is 280. The van der Waals surface area contributed by atoms with Crippen LogP contribution in [0.2, 0.25) is 0 Å². The molecule has 0 bridgehead atoms. The number of hydrogen-bond donors (Lipinski definition) is 1. The number of aromatic nitrogens is 1. The fraction of sp³-hybridized carbons (Fsp3) is 0.429. The molecule has 3 nitrogen and oxygen atoms in total. The van der Waals surface area contributed by atoms with E-state index in [2.05, 4.69) is 4.98 Å². The van der Waals surface area contributed by atoms with Crippen LogP contribution in [0.3, 0.4) is 0 Å². The zero-order chi connectivity index (χ0) is 8.43. The maximum Gasteiger partial charge on any atom is 0.365 e. The monoisotopic (exact) mass is 171 g/mol. The Morgan fingerprint density at radius 2 is 2.36 bits per heavy atom. The molecule has 0 fully saturated rings. The van der Waals surface area contributed by atoms with Gasteiger partial charge < -0.3 is 5.11 Å². The fourth-order valence-electron chi connectivity index (χ4n) is 0.848. The standard InChI is InChI=1S/C7H9NO2S/c1-3-5-4(2)11-6(8-5)7(9)10/h3H2,1-2H3,(H,9,10). The Kier molecular flexibility index (Phi) is 2.24. The Morgan fingerprint density at radius 3 is 2.64 bits per heavy atom. The van der Waals surface area contributed by atoms with Crippen LogP contribution in [0.5, 0.6) is 0 Å². The second-order valence-corrected chi connectivity index (χ2v) is 3.38. The molecule has 0 aliphatic heterocycles. The van der Waals surface area contributed by atoms with E-state index in [4.69, 9.17) is 5.11 Å². The second kappa shape index (κ2) is 3.00. The average molecular weight is 171 g/mol. The van der Waals surface area contributed by atoms with Crippen molar-refractivity contribution in [1.29, 1.82) is 0 Å². The largest absolute Gasteiger partial charge is 0.476 e. The molecular formula is C7H9NO2S. The van der Waals surface area contributed by atoms with Gasteiger partial charge in [-0.1, -0.05) is 6.92 Å². The minimum atomic E-state index is -0.933. The summed E-state index contributed by atoms with van der Waals surface area (Å²) in [5, 5.41) is 8.76. The van der Waals surface area contributed by atoms with Crippen LogP contribution in [-0.2, 0) is 6.42 Å². The zero-order valence-corrected chi connectivity index (χ0v) is 7.23. The molecule has 1 rings (SSSR count). The van der Waals surface area contributed by atoms with Crippen LogP contribution in [-0.4, -0.2) is 16.1 Å². The number of carboxylic acid groups (broad SMARTS) is 1. The van der Waals surface area contributed by atoms with E-state index in [-0.39, 0.29) is 5.01 Å². The molecule has 0 aliphatic carbocycles. The number of carboxylic acids is 1. The van der Waals surface area contributed by atoms with Crippen molar-refractivity contribution in [3.63, 3.8) is 0 Å². The van der Waals surface area contributed by atoms with E-state index >= 15 is 0 Å². The van der Waals surface area contributed by atoms with Crippen LogP contribution in [0.25, 0.3) is 0 Å². The van der Waals surface area contributed by atoms with Gasteiger partial charge in [0.05, 0.1) is 5.69 Å². The molecule has 0 spiro atoms. The first-order valence-corrected chi connectivity index (χ1v) is 4.16. The summed E-state index contributed by atoms with van der Waals surface area (Å²) in [6.45, 7) is 3.86. The number of aromatic carboxylic acids is 1. The third kappa shape index (κ3) is 1.57. The Balaban J connectivity index is 3.05. The molecule has 0 unspecified atom stereocenters. The average Bonchev–Trinajstić information content (AvgIpc) is 2.31. The summed E-state index contributed by atoms with van der Waals surface area (Å²) in [5.74, 6) is -0.933. The van der Waals surface area contributed by atoms with Gasteiger partial charge in [0.15, 0.2) is 0 Å². The van der Waals surface area contributed by atoms with Gasteiger partial charge in [-0.15, -0.1) is 11.3 Å². The van der Waals surface area contributed by atoms with Crippen molar-refractivity contribution in [3.8, 4) is 0 Å². The summed E-state index contributed by atoms with van der Waals surface area (Å²) >= 11 is 1.24. The molecule has 1 aromatic heterocycles. The molecule has 60 valence electrons. The summed E-state index contributed by atoms with van der Waals surface area (Å²) in [6.07, 6.45) is 0.801. The number of thiazole rings is 1. The summed E-state index contributed by atoms with van der Waals surface area (Å²) in [6, 6.07) is 0. The maximum atomic E-state index is 10.4. The van der Waals surface area contributed by atoms with E-state index in [9.17, 15) is 4.79 Å². The Labute approximate surface area is 68.7 Å². The lowest BCUT2D eigenvalue weighted by molar-refractivity contribution is 0.0696. The summed E-state index contributed by atoms with van der Waals surface area (Å²) < 4.78 is 0. The highest BCUT2D eigenvalue weighted by Crippen LogP contribution is 2.17. The number of carbonyl (C=O) groups is 1. The van der Waals surface area contributed by atoms with E-state index < -0.39 is 5.97 Å². The quantitative estimate of drug-likeness (QED) is 0.737. The molecule has 1 aromatic rings. The van der Waals surface area contributed by atoms with Gasteiger partial charge in [-0.2, -0.15) is 0 Å². The second-order valence-electron chi connectivity index (χ2n) is 2.18. The van der Waals surface area contributed by atoms with Crippen molar-refractivity contribution in [2.45, 2.75) is 20.3 Å². The first kappa shape index (κ1) is 8.20. The summed E-state index contributed by atoms with van der Waals surface area (Å²) in [5.41, 5.74) is 0.896. The van der Waals surface area contributed by atoms with Gasteiger partial charge in [-0.05, 0) is 13.3 Å². The normalized spacial score (nSPS) is 10.0. The van der Waals surface area contributed by atoms with Crippen molar-refractivity contribution < 1.29 is 9.90 Å². The lowest BCUT2D eigenvalue weighted by Crippen LogP contribution is -1.94. The lowest BCUT2D eigenvalue weighted by Gasteiger charge is -1.86. The van der Waals surface area contributed by atoms with E-state index in [1.165, 1.54) is 11.3 Å². The maximum absolute atomic E-state index is 10.4. The predicted molar refractivity (Wildman–Crippen MR) is 43.2 cm³/mol. The lowest BCUT2D eigenvalue weighted by atomic mass is 10.3.